The molecule has 1 aliphatic heterocycles. The summed E-state index contributed by atoms with van der Waals surface area (Å²) in [6.07, 6.45) is 0. The Kier molecular flexibility index (Phi) is 5.34. The molecule has 2 aromatic rings. The number of nitrogens with one attached hydrogen (secondary N) is 1. The van der Waals surface area contributed by atoms with Crippen LogP contribution in [0.2, 0.25) is 5.02 Å². The molecule has 1 atom stereocenters. The first-order valence-electron chi connectivity index (χ1n) is 8.06. The predicted molar refractivity (Wildman–Crippen MR) is 98.7 cm³/mol. The minimum atomic E-state index is -3.71. The van der Waals surface area contributed by atoms with Crippen LogP contribution in [-0.2, 0) is 10.0 Å². The SMILES string of the molecule is COc1ccc(C)cc1S(=O)(=O)N1CCNCC1c1cccc(Cl)c1. The van der Waals surface area contributed by atoms with Crippen LogP contribution in [0.5, 0.6) is 5.75 Å². The van der Waals surface area contributed by atoms with Gasteiger partial charge in [0, 0.05) is 24.7 Å². The van der Waals surface area contributed by atoms with Crippen molar-refractivity contribution in [2.75, 3.05) is 26.7 Å². The van der Waals surface area contributed by atoms with Crippen LogP contribution in [-0.4, -0.2) is 39.5 Å². The van der Waals surface area contributed by atoms with Gasteiger partial charge in [-0.3, -0.25) is 0 Å². The molecule has 1 saturated heterocycles. The van der Waals surface area contributed by atoms with Crippen LogP contribution < -0.4 is 10.1 Å². The molecular formula is C18H21ClN2O3S. The topological polar surface area (TPSA) is 58.6 Å². The molecular weight excluding hydrogens is 360 g/mol. The average Bonchev–Trinajstić information content (AvgIpc) is 2.61. The molecule has 1 N–H and O–H groups in total. The van der Waals surface area contributed by atoms with Gasteiger partial charge in [0.25, 0.3) is 0 Å². The van der Waals surface area contributed by atoms with Crippen molar-refractivity contribution in [2.45, 2.75) is 17.9 Å². The van der Waals surface area contributed by atoms with E-state index in [0.717, 1.165) is 11.1 Å². The fraction of sp³-hybridized carbons (Fsp3) is 0.333. The van der Waals surface area contributed by atoms with Gasteiger partial charge in [-0.25, -0.2) is 8.42 Å². The third kappa shape index (κ3) is 3.67. The number of aryl methyl sites for hydroxylation is 1. The van der Waals surface area contributed by atoms with Crippen molar-refractivity contribution in [3.63, 3.8) is 0 Å². The minimum Gasteiger partial charge on any atom is -0.495 e. The molecule has 1 heterocycles. The zero-order valence-corrected chi connectivity index (χ0v) is 15.8. The summed E-state index contributed by atoms with van der Waals surface area (Å²) in [6.45, 7) is 3.39. The molecule has 0 spiro atoms. The van der Waals surface area contributed by atoms with E-state index >= 15 is 0 Å². The lowest BCUT2D eigenvalue weighted by atomic mass is 10.1. The van der Waals surface area contributed by atoms with Crippen LogP contribution in [0, 0.1) is 6.92 Å². The highest BCUT2D eigenvalue weighted by molar-refractivity contribution is 7.89. The Bertz CT molecular complexity index is 870. The van der Waals surface area contributed by atoms with Crippen molar-refractivity contribution in [2.24, 2.45) is 0 Å². The Hall–Kier alpha value is -1.60. The van der Waals surface area contributed by atoms with Gasteiger partial charge in [-0.05, 0) is 42.3 Å². The van der Waals surface area contributed by atoms with Crippen molar-refractivity contribution < 1.29 is 13.2 Å². The molecule has 1 aliphatic rings. The van der Waals surface area contributed by atoms with E-state index in [9.17, 15) is 8.42 Å². The van der Waals surface area contributed by atoms with Gasteiger partial charge in [-0.1, -0.05) is 29.8 Å². The van der Waals surface area contributed by atoms with E-state index in [4.69, 9.17) is 16.3 Å². The van der Waals surface area contributed by atoms with Crippen molar-refractivity contribution in [1.29, 1.82) is 0 Å². The van der Waals surface area contributed by atoms with E-state index in [1.807, 2.05) is 31.2 Å². The largest absolute Gasteiger partial charge is 0.495 e. The molecule has 0 amide bonds. The number of nitrogens with zero attached hydrogens (tertiary/aromatic N) is 1. The molecule has 1 unspecified atom stereocenters. The smallest absolute Gasteiger partial charge is 0.247 e. The van der Waals surface area contributed by atoms with Gasteiger partial charge < -0.3 is 10.1 Å². The standard InChI is InChI=1S/C18H21ClN2O3S/c1-13-6-7-17(24-2)18(10-13)25(22,23)21-9-8-20-12-16(21)14-4-3-5-15(19)11-14/h3-7,10-11,16,20H,8-9,12H2,1-2H3. The first-order valence-corrected chi connectivity index (χ1v) is 9.88. The molecule has 1 fully saturated rings. The number of halogens is 1. The number of methoxy groups -OCH3 is 1. The maximum absolute atomic E-state index is 13.4. The van der Waals surface area contributed by atoms with E-state index in [1.54, 1.807) is 18.2 Å². The maximum Gasteiger partial charge on any atom is 0.247 e. The third-order valence-corrected chi connectivity index (χ3v) is 6.50. The van der Waals surface area contributed by atoms with Crippen LogP contribution >= 0.6 is 11.6 Å². The van der Waals surface area contributed by atoms with Crippen LogP contribution in [0.1, 0.15) is 17.2 Å². The summed E-state index contributed by atoms with van der Waals surface area (Å²) in [5.74, 6) is 0.356. The molecule has 134 valence electrons. The quantitative estimate of drug-likeness (QED) is 0.885. The van der Waals surface area contributed by atoms with E-state index in [0.29, 0.717) is 30.4 Å². The van der Waals surface area contributed by atoms with Crippen molar-refractivity contribution >= 4 is 21.6 Å². The van der Waals surface area contributed by atoms with Crippen LogP contribution in [0.25, 0.3) is 0 Å². The van der Waals surface area contributed by atoms with E-state index in [-0.39, 0.29) is 10.9 Å². The number of rotatable bonds is 4. The molecule has 5 nitrogen and oxygen atoms in total. The summed E-state index contributed by atoms with van der Waals surface area (Å²) in [4.78, 5) is 0.198. The molecule has 25 heavy (non-hydrogen) atoms. The maximum atomic E-state index is 13.4. The van der Waals surface area contributed by atoms with E-state index in [1.165, 1.54) is 11.4 Å². The van der Waals surface area contributed by atoms with E-state index < -0.39 is 10.0 Å². The summed E-state index contributed by atoms with van der Waals surface area (Å²) in [5.41, 5.74) is 1.74. The second-order valence-corrected chi connectivity index (χ2v) is 8.34. The van der Waals surface area contributed by atoms with Gasteiger partial charge in [0.1, 0.15) is 10.6 Å². The van der Waals surface area contributed by atoms with Crippen LogP contribution in [0.3, 0.4) is 0 Å². The molecule has 3 rings (SSSR count). The van der Waals surface area contributed by atoms with Gasteiger partial charge in [-0.15, -0.1) is 0 Å². The lowest BCUT2D eigenvalue weighted by Crippen LogP contribution is -2.48. The minimum absolute atomic E-state index is 0.198. The van der Waals surface area contributed by atoms with Gasteiger partial charge in [0.05, 0.1) is 13.2 Å². The lowest BCUT2D eigenvalue weighted by molar-refractivity contribution is 0.270. The highest BCUT2D eigenvalue weighted by Gasteiger charge is 2.36. The second-order valence-electron chi connectivity index (χ2n) is 6.04. The summed E-state index contributed by atoms with van der Waals surface area (Å²) >= 11 is 6.10. The molecule has 7 heteroatoms. The normalized spacial score (nSPS) is 18.9. The number of sulfonamides is 1. The Morgan fingerprint density at radius 3 is 2.76 bits per heavy atom. The molecule has 2 aromatic carbocycles. The fourth-order valence-electron chi connectivity index (χ4n) is 3.08. The van der Waals surface area contributed by atoms with Gasteiger partial charge in [0.2, 0.25) is 10.0 Å². The van der Waals surface area contributed by atoms with Crippen molar-refractivity contribution in [3.8, 4) is 5.75 Å². The zero-order valence-electron chi connectivity index (χ0n) is 14.2. The van der Waals surface area contributed by atoms with Crippen LogP contribution in [0.4, 0.5) is 0 Å². The first kappa shape index (κ1) is 18.2. The lowest BCUT2D eigenvalue weighted by Gasteiger charge is -2.35. The number of hydrogen-bond donors (Lipinski definition) is 1. The highest BCUT2D eigenvalue weighted by atomic mass is 35.5. The number of hydrogen-bond acceptors (Lipinski definition) is 4. The van der Waals surface area contributed by atoms with Gasteiger partial charge >= 0.3 is 0 Å². The first-order chi connectivity index (χ1) is 11.9. The van der Waals surface area contributed by atoms with E-state index in [2.05, 4.69) is 5.32 Å². The van der Waals surface area contributed by atoms with Crippen LogP contribution in [0.15, 0.2) is 47.4 Å². The summed E-state index contributed by atoms with van der Waals surface area (Å²) in [6, 6.07) is 12.2. The Morgan fingerprint density at radius 1 is 1.24 bits per heavy atom. The zero-order chi connectivity index (χ0) is 18.0. The molecule has 0 radical (unpaired) electrons. The second kappa shape index (κ2) is 7.33. The summed E-state index contributed by atoms with van der Waals surface area (Å²) in [5, 5.41) is 3.86. The average molecular weight is 381 g/mol. The third-order valence-electron chi connectivity index (χ3n) is 4.33. The Balaban J connectivity index is 2.06. The van der Waals surface area contributed by atoms with Gasteiger partial charge in [-0.2, -0.15) is 4.31 Å². The van der Waals surface area contributed by atoms with Crippen molar-refractivity contribution in [1.82, 2.24) is 9.62 Å². The molecule has 0 saturated carbocycles. The molecule has 0 aromatic heterocycles. The van der Waals surface area contributed by atoms with Gasteiger partial charge in [0.15, 0.2) is 0 Å². The molecule has 0 bridgehead atoms. The monoisotopic (exact) mass is 380 g/mol. The van der Waals surface area contributed by atoms with Crippen molar-refractivity contribution in [3.05, 3.63) is 58.6 Å². The number of ether oxygens (including phenoxy) is 1. The predicted octanol–water partition coefficient (Wildman–Crippen LogP) is 2.99. The summed E-state index contributed by atoms with van der Waals surface area (Å²) < 4.78 is 33.6. The fourth-order valence-corrected chi connectivity index (χ4v) is 5.14. The number of benzene rings is 2. The highest BCUT2D eigenvalue weighted by Crippen LogP contribution is 2.34. The number of piperazine rings is 1. The Labute approximate surface area is 153 Å². The molecule has 0 aliphatic carbocycles. The Morgan fingerprint density at radius 2 is 2.04 bits per heavy atom. The summed E-state index contributed by atoms with van der Waals surface area (Å²) in [7, 11) is -2.23.